The number of nitrogens with zero attached hydrogens (tertiary/aromatic N) is 6. The third-order valence-electron chi connectivity index (χ3n) is 4.46. The van der Waals surface area contributed by atoms with Crippen LogP contribution < -0.4 is 0 Å². The van der Waals surface area contributed by atoms with Crippen molar-refractivity contribution in [2.45, 2.75) is 26.2 Å². The van der Waals surface area contributed by atoms with Crippen molar-refractivity contribution in [3.63, 3.8) is 0 Å². The summed E-state index contributed by atoms with van der Waals surface area (Å²) in [5.41, 5.74) is 0.936. The van der Waals surface area contributed by atoms with Gasteiger partial charge in [0.25, 0.3) is 11.8 Å². The van der Waals surface area contributed by atoms with E-state index in [9.17, 15) is 4.79 Å². The lowest BCUT2D eigenvalue weighted by atomic mass is 9.96. The second-order valence-electron chi connectivity index (χ2n) is 7.65. The predicted octanol–water partition coefficient (Wildman–Crippen LogP) is 2.09. The van der Waals surface area contributed by atoms with Crippen LogP contribution in [0, 0.1) is 0 Å². The Morgan fingerprint density at radius 2 is 1.93 bits per heavy atom. The molecule has 0 saturated carbocycles. The molecule has 1 amide bonds. The first-order chi connectivity index (χ1) is 13.4. The summed E-state index contributed by atoms with van der Waals surface area (Å²) in [6.45, 7) is 8.36. The molecule has 0 unspecified atom stereocenters. The molecule has 1 aliphatic heterocycles. The second kappa shape index (κ2) is 7.16. The van der Waals surface area contributed by atoms with E-state index < -0.39 is 0 Å². The molecule has 4 heterocycles. The van der Waals surface area contributed by atoms with Crippen LogP contribution in [0.5, 0.6) is 0 Å². The summed E-state index contributed by atoms with van der Waals surface area (Å²) in [6, 6.07) is 3.67. The third kappa shape index (κ3) is 3.65. The molecule has 1 saturated heterocycles. The van der Waals surface area contributed by atoms with E-state index in [-0.39, 0.29) is 11.3 Å². The van der Waals surface area contributed by atoms with Gasteiger partial charge in [-0.2, -0.15) is 4.98 Å². The van der Waals surface area contributed by atoms with Crippen molar-refractivity contribution in [2.24, 2.45) is 0 Å². The van der Waals surface area contributed by atoms with Gasteiger partial charge in [0.1, 0.15) is 17.8 Å². The molecule has 28 heavy (non-hydrogen) atoms. The molecule has 0 aliphatic carbocycles. The number of ether oxygens (including phenoxy) is 1. The summed E-state index contributed by atoms with van der Waals surface area (Å²) in [6.07, 6.45) is 4.93. The van der Waals surface area contributed by atoms with Gasteiger partial charge in [0, 0.05) is 30.9 Å². The average molecular weight is 382 g/mol. The first kappa shape index (κ1) is 18.3. The van der Waals surface area contributed by atoms with Crippen LogP contribution in [0.4, 0.5) is 0 Å². The Balaban J connectivity index is 1.51. The molecule has 0 radical (unpaired) electrons. The fraction of sp³-hybridized carbons (Fsp3) is 0.421. The molecular formula is C19H22N6O3. The fourth-order valence-corrected chi connectivity index (χ4v) is 2.80. The molecule has 146 valence electrons. The van der Waals surface area contributed by atoms with Gasteiger partial charge in [-0.25, -0.2) is 9.97 Å². The first-order valence-corrected chi connectivity index (χ1v) is 9.14. The second-order valence-corrected chi connectivity index (χ2v) is 7.65. The zero-order valence-corrected chi connectivity index (χ0v) is 16.1. The average Bonchev–Trinajstić information content (AvgIpc) is 3.38. The summed E-state index contributed by atoms with van der Waals surface area (Å²) in [4.78, 5) is 27.4. The lowest BCUT2D eigenvalue weighted by Crippen LogP contribution is -2.40. The molecule has 9 nitrogen and oxygen atoms in total. The van der Waals surface area contributed by atoms with Gasteiger partial charge in [-0.05, 0) is 12.1 Å². The van der Waals surface area contributed by atoms with Gasteiger partial charge < -0.3 is 14.2 Å². The lowest BCUT2D eigenvalue weighted by molar-refractivity contribution is 0.0299. The van der Waals surface area contributed by atoms with Crippen LogP contribution in [0.15, 0.2) is 35.4 Å². The van der Waals surface area contributed by atoms with Gasteiger partial charge >= 0.3 is 0 Å². The highest BCUT2D eigenvalue weighted by Crippen LogP contribution is 2.23. The summed E-state index contributed by atoms with van der Waals surface area (Å²) in [7, 11) is 0. The quantitative estimate of drug-likeness (QED) is 0.684. The first-order valence-electron chi connectivity index (χ1n) is 9.14. The largest absolute Gasteiger partial charge is 0.378 e. The molecule has 3 aromatic heterocycles. The summed E-state index contributed by atoms with van der Waals surface area (Å²) in [5, 5.41) is 4.03. The van der Waals surface area contributed by atoms with E-state index in [2.05, 4.69) is 20.1 Å². The van der Waals surface area contributed by atoms with Crippen molar-refractivity contribution in [3.05, 3.63) is 42.4 Å². The standard InChI is InChI=1S/C19H22N6O3/c1-19(2,3)18-22-16(28-23-18)13-4-5-15(20-10-13)25-11-14(21-12-25)17(26)24-6-8-27-9-7-24/h4-5,10-12H,6-9H2,1-3H3. The minimum atomic E-state index is -0.185. The maximum atomic E-state index is 12.5. The number of hydrogen-bond acceptors (Lipinski definition) is 7. The van der Waals surface area contributed by atoms with Crippen molar-refractivity contribution in [1.82, 2.24) is 29.6 Å². The molecule has 9 heteroatoms. The van der Waals surface area contributed by atoms with Crippen LogP contribution in [-0.2, 0) is 10.2 Å². The van der Waals surface area contributed by atoms with Crippen molar-refractivity contribution in [2.75, 3.05) is 26.3 Å². The summed E-state index contributed by atoms with van der Waals surface area (Å²) < 4.78 is 12.3. The van der Waals surface area contributed by atoms with Crippen molar-refractivity contribution >= 4 is 5.91 Å². The van der Waals surface area contributed by atoms with Gasteiger partial charge in [-0.3, -0.25) is 9.36 Å². The van der Waals surface area contributed by atoms with Crippen LogP contribution in [0.25, 0.3) is 17.3 Å². The van der Waals surface area contributed by atoms with E-state index in [1.54, 1.807) is 28.2 Å². The summed E-state index contributed by atoms with van der Waals surface area (Å²) in [5.74, 6) is 1.62. The van der Waals surface area contributed by atoms with E-state index in [4.69, 9.17) is 9.26 Å². The Labute approximate surface area is 162 Å². The number of pyridine rings is 1. The monoisotopic (exact) mass is 382 g/mol. The number of carbonyl (C=O) groups excluding carboxylic acids is 1. The van der Waals surface area contributed by atoms with Crippen LogP contribution in [0.3, 0.4) is 0 Å². The molecule has 4 rings (SSSR count). The third-order valence-corrected chi connectivity index (χ3v) is 4.46. The topological polar surface area (TPSA) is 99.2 Å². The van der Waals surface area contributed by atoms with Crippen molar-refractivity contribution in [1.29, 1.82) is 0 Å². The number of morpholine rings is 1. The van der Waals surface area contributed by atoms with Crippen LogP contribution in [0.2, 0.25) is 0 Å². The normalized spacial score (nSPS) is 15.0. The molecule has 0 spiro atoms. The minimum Gasteiger partial charge on any atom is -0.378 e. The summed E-state index contributed by atoms with van der Waals surface area (Å²) >= 11 is 0. The van der Waals surface area contributed by atoms with E-state index in [1.165, 1.54) is 0 Å². The molecule has 0 N–H and O–H groups in total. The van der Waals surface area contributed by atoms with E-state index in [1.807, 2.05) is 32.9 Å². The van der Waals surface area contributed by atoms with Gasteiger partial charge in [-0.15, -0.1) is 0 Å². The SMILES string of the molecule is CC(C)(C)c1noc(-c2ccc(-n3cnc(C(=O)N4CCOCC4)c3)nc2)n1. The van der Waals surface area contributed by atoms with E-state index >= 15 is 0 Å². The van der Waals surface area contributed by atoms with Crippen molar-refractivity contribution in [3.8, 4) is 17.3 Å². The van der Waals surface area contributed by atoms with Gasteiger partial charge in [0.15, 0.2) is 5.82 Å². The Morgan fingerprint density at radius 3 is 2.57 bits per heavy atom. The molecule has 3 aromatic rings. The van der Waals surface area contributed by atoms with Gasteiger partial charge in [0.2, 0.25) is 0 Å². The molecular weight excluding hydrogens is 360 g/mol. The molecule has 1 aliphatic rings. The number of imidazole rings is 1. The van der Waals surface area contributed by atoms with Crippen molar-refractivity contribution < 1.29 is 14.1 Å². The lowest BCUT2D eigenvalue weighted by Gasteiger charge is -2.25. The zero-order chi connectivity index (χ0) is 19.7. The zero-order valence-electron chi connectivity index (χ0n) is 16.1. The van der Waals surface area contributed by atoms with Gasteiger partial charge in [0.05, 0.1) is 18.8 Å². The van der Waals surface area contributed by atoms with Crippen LogP contribution in [0.1, 0.15) is 37.1 Å². The maximum absolute atomic E-state index is 12.5. The number of aromatic nitrogens is 5. The smallest absolute Gasteiger partial charge is 0.274 e. The number of carbonyl (C=O) groups is 1. The maximum Gasteiger partial charge on any atom is 0.274 e. The van der Waals surface area contributed by atoms with E-state index in [0.717, 1.165) is 5.56 Å². The van der Waals surface area contributed by atoms with E-state index in [0.29, 0.717) is 49.5 Å². The number of amides is 1. The Kier molecular flexibility index (Phi) is 4.68. The molecule has 0 bridgehead atoms. The number of hydrogen-bond donors (Lipinski definition) is 0. The van der Waals surface area contributed by atoms with Crippen LogP contribution in [-0.4, -0.2) is 61.8 Å². The molecule has 1 fully saturated rings. The van der Waals surface area contributed by atoms with Crippen LogP contribution >= 0.6 is 0 Å². The highest BCUT2D eigenvalue weighted by atomic mass is 16.5. The fourth-order valence-electron chi connectivity index (χ4n) is 2.80. The Bertz CT molecular complexity index is 964. The highest BCUT2D eigenvalue weighted by molar-refractivity contribution is 5.92. The highest BCUT2D eigenvalue weighted by Gasteiger charge is 2.22. The molecule has 0 aromatic carbocycles. The Morgan fingerprint density at radius 1 is 1.14 bits per heavy atom. The Hall–Kier alpha value is -3.07. The van der Waals surface area contributed by atoms with Gasteiger partial charge in [-0.1, -0.05) is 25.9 Å². The molecule has 0 atom stereocenters. The predicted molar refractivity (Wildman–Crippen MR) is 100 cm³/mol. The minimum absolute atomic E-state index is 0.0979. The number of rotatable bonds is 3.